The molecule has 152 valence electrons. The fraction of sp³-hybridized carbons (Fsp3) is 0.182. The van der Waals surface area contributed by atoms with Crippen LogP contribution in [0.15, 0.2) is 69.3 Å². The van der Waals surface area contributed by atoms with Gasteiger partial charge >= 0.3 is 5.69 Å². The van der Waals surface area contributed by atoms with Crippen molar-refractivity contribution in [2.45, 2.75) is 13.5 Å². The molecule has 0 spiro atoms. The lowest BCUT2D eigenvalue weighted by atomic mass is 10.1. The first-order valence-electron chi connectivity index (χ1n) is 9.51. The maximum absolute atomic E-state index is 12.9. The summed E-state index contributed by atoms with van der Waals surface area (Å²) in [7, 11) is 3.07. The zero-order valence-electron chi connectivity index (χ0n) is 17.0. The van der Waals surface area contributed by atoms with Crippen LogP contribution in [0, 0.1) is 6.92 Å². The number of aryl methyl sites for hydroxylation is 2. The number of imidazole rings is 1. The van der Waals surface area contributed by atoms with Crippen LogP contribution < -0.4 is 16.7 Å². The predicted molar refractivity (Wildman–Crippen MR) is 118 cm³/mol. The van der Waals surface area contributed by atoms with E-state index in [0.717, 1.165) is 21.3 Å². The minimum absolute atomic E-state index is 0.313. The Morgan fingerprint density at radius 1 is 1.03 bits per heavy atom. The maximum Gasteiger partial charge on any atom is 0.332 e. The molecule has 0 amide bonds. The second-order valence-corrected chi connectivity index (χ2v) is 7.17. The number of nitrogens with zero attached hydrogens (tertiary/aromatic N) is 5. The van der Waals surface area contributed by atoms with Gasteiger partial charge < -0.3 is 0 Å². The minimum atomic E-state index is -0.424. The minimum Gasteiger partial charge on any atom is -0.298 e. The molecule has 0 saturated heterocycles. The molecule has 8 heteroatoms. The van der Waals surface area contributed by atoms with Gasteiger partial charge in [0, 0.05) is 14.1 Å². The molecule has 8 nitrogen and oxygen atoms in total. The number of anilines is 1. The second kappa shape index (κ2) is 7.82. The van der Waals surface area contributed by atoms with Gasteiger partial charge in [0.15, 0.2) is 11.2 Å². The van der Waals surface area contributed by atoms with Crippen molar-refractivity contribution in [3.05, 3.63) is 92.1 Å². The SMILES string of the molecule is Cc1cccc(Cn2c(NN=Cc3ccccc3)nc3c2c(=O)n(C)c(=O)n3C)c1. The Labute approximate surface area is 172 Å². The molecule has 0 aliphatic carbocycles. The number of nitrogens with one attached hydrogen (secondary N) is 1. The Bertz CT molecular complexity index is 1360. The highest BCUT2D eigenvalue weighted by Gasteiger charge is 2.19. The zero-order chi connectivity index (χ0) is 21.3. The van der Waals surface area contributed by atoms with Gasteiger partial charge in [0.2, 0.25) is 5.95 Å². The van der Waals surface area contributed by atoms with Gasteiger partial charge in [0.1, 0.15) is 0 Å². The average molecular weight is 402 g/mol. The zero-order valence-corrected chi connectivity index (χ0v) is 17.0. The summed E-state index contributed by atoms with van der Waals surface area (Å²) < 4.78 is 4.22. The molecule has 4 aromatic rings. The summed E-state index contributed by atoms with van der Waals surface area (Å²) in [4.78, 5) is 29.8. The van der Waals surface area contributed by atoms with Crippen molar-refractivity contribution in [3.63, 3.8) is 0 Å². The van der Waals surface area contributed by atoms with Crippen LogP contribution in [0.1, 0.15) is 16.7 Å². The van der Waals surface area contributed by atoms with E-state index < -0.39 is 11.2 Å². The highest BCUT2D eigenvalue weighted by molar-refractivity contribution is 5.80. The molecular weight excluding hydrogens is 380 g/mol. The van der Waals surface area contributed by atoms with Crippen molar-refractivity contribution >= 4 is 23.3 Å². The molecule has 0 atom stereocenters. The molecule has 0 fully saturated rings. The van der Waals surface area contributed by atoms with Gasteiger partial charge in [0.25, 0.3) is 5.56 Å². The molecule has 2 aromatic heterocycles. The van der Waals surface area contributed by atoms with Crippen molar-refractivity contribution < 1.29 is 0 Å². The van der Waals surface area contributed by atoms with Crippen LogP contribution in [0.4, 0.5) is 5.95 Å². The number of hydrogen-bond acceptors (Lipinski definition) is 5. The van der Waals surface area contributed by atoms with Gasteiger partial charge in [-0.3, -0.25) is 18.5 Å². The van der Waals surface area contributed by atoms with Gasteiger partial charge in [-0.05, 0) is 18.1 Å². The van der Waals surface area contributed by atoms with Gasteiger partial charge in [-0.2, -0.15) is 10.1 Å². The maximum atomic E-state index is 12.9. The van der Waals surface area contributed by atoms with E-state index in [0.29, 0.717) is 23.7 Å². The Hall–Kier alpha value is -3.94. The van der Waals surface area contributed by atoms with E-state index in [1.165, 1.54) is 11.6 Å². The van der Waals surface area contributed by atoms with E-state index in [4.69, 9.17) is 0 Å². The first-order chi connectivity index (χ1) is 14.5. The van der Waals surface area contributed by atoms with Crippen LogP contribution in [-0.4, -0.2) is 24.9 Å². The van der Waals surface area contributed by atoms with Crippen LogP contribution in [0.25, 0.3) is 11.2 Å². The van der Waals surface area contributed by atoms with E-state index in [2.05, 4.69) is 21.6 Å². The number of hydrazone groups is 1. The Balaban J connectivity index is 1.84. The van der Waals surface area contributed by atoms with Gasteiger partial charge in [-0.1, -0.05) is 60.2 Å². The number of rotatable bonds is 5. The van der Waals surface area contributed by atoms with E-state index in [9.17, 15) is 9.59 Å². The van der Waals surface area contributed by atoms with Crippen molar-refractivity contribution in [1.82, 2.24) is 18.7 Å². The molecule has 4 rings (SSSR count). The lowest BCUT2D eigenvalue weighted by Crippen LogP contribution is -2.37. The highest BCUT2D eigenvalue weighted by atomic mass is 16.2. The Morgan fingerprint density at radius 3 is 2.53 bits per heavy atom. The standard InChI is InChI=1S/C22H22N6O2/c1-15-8-7-11-17(12-15)14-28-18-19(26(2)22(30)27(3)20(18)29)24-21(28)25-23-13-16-9-5-4-6-10-16/h4-13H,14H2,1-3H3,(H,24,25). The smallest absolute Gasteiger partial charge is 0.298 e. The van der Waals surface area contributed by atoms with Crippen LogP contribution in [0.5, 0.6) is 0 Å². The third-order valence-corrected chi connectivity index (χ3v) is 4.95. The predicted octanol–water partition coefficient (Wildman–Crippen LogP) is 2.24. The first kappa shape index (κ1) is 19.4. The molecule has 0 radical (unpaired) electrons. The number of benzene rings is 2. The van der Waals surface area contributed by atoms with Crippen molar-refractivity contribution in [2.24, 2.45) is 19.2 Å². The van der Waals surface area contributed by atoms with E-state index in [1.54, 1.807) is 17.8 Å². The summed E-state index contributed by atoms with van der Waals surface area (Å²) in [6.07, 6.45) is 1.67. The molecule has 0 aliphatic rings. The molecule has 0 aliphatic heterocycles. The van der Waals surface area contributed by atoms with Crippen molar-refractivity contribution in [2.75, 3.05) is 5.43 Å². The molecule has 0 bridgehead atoms. The highest BCUT2D eigenvalue weighted by Crippen LogP contribution is 2.18. The molecule has 2 heterocycles. The van der Waals surface area contributed by atoms with E-state index in [1.807, 2.05) is 55.5 Å². The van der Waals surface area contributed by atoms with Crippen LogP contribution in [-0.2, 0) is 20.6 Å². The quantitative estimate of drug-likeness (QED) is 0.410. The summed E-state index contributed by atoms with van der Waals surface area (Å²) in [5, 5.41) is 4.28. The van der Waals surface area contributed by atoms with E-state index >= 15 is 0 Å². The van der Waals surface area contributed by atoms with Crippen LogP contribution >= 0.6 is 0 Å². The lowest BCUT2D eigenvalue weighted by Gasteiger charge is -2.10. The summed E-state index contributed by atoms with van der Waals surface area (Å²) in [6, 6.07) is 17.7. The van der Waals surface area contributed by atoms with Crippen LogP contribution in [0.3, 0.4) is 0 Å². The number of fused-ring (bicyclic) bond motifs is 1. The van der Waals surface area contributed by atoms with E-state index in [-0.39, 0.29) is 0 Å². The molecule has 30 heavy (non-hydrogen) atoms. The third-order valence-electron chi connectivity index (χ3n) is 4.95. The molecule has 1 N–H and O–H groups in total. The first-order valence-corrected chi connectivity index (χ1v) is 9.51. The second-order valence-electron chi connectivity index (χ2n) is 7.17. The summed E-state index contributed by atoms with van der Waals surface area (Å²) in [5.74, 6) is 0.386. The lowest BCUT2D eigenvalue weighted by molar-refractivity contribution is 0.702. The monoisotopic (exact) mass is 402 g/mol. The number of aromatic nitrogens is 4. The molecular formula is C22H22N6O2. The fourth-order valence-corrected chi connectivity index (χ4v) is 3.38. The largest absolute Gasteiger partial charge is 0.332 e. The molecule has 0 saturated carbocycles. The van der Waals surface area contributed by atoms with Gasteiger partial charge in [0.05, 0.1) is 12.8 Å². The summed E-state index contributed by atoms with van der Waals surface area (Å²) in [6.45, 7) is 2.43. The Kier molecular flexibility index (Phi) is 5.05. The van der Waals surface area contributed by atoms with Gasteiger partial charge in [-0.25, -0.2) is 10.2 Å². The molecule has 2 aromatic carbocycles. The topological polar surface area (TPSA) is 86.2 Å². The Morgan fingerprint density at radius 2 is 1.80 bits per heavy atom. The average Bonchev–Trinajstić information content (AvgIpc) is 3.10. The molecule has 0 unspecified atom stereocenters. The fourth-order valence-electron chi connectivity index (χ4n) is 3.38. The van der Waals surface area contributed by atoms with Crippen molar-refractivity contribution in [1.29, 1.82) is 0 Å². The van der Waals surface area contributed by atoms with Gasteiger partial charge in [-0.15, -0.1) is 0 Å². The third kappa shape index (κ3) is 3.55. The number of hydrogen-bond donors (Lipinski definition) is 1. The normalized spacial score (nSPS) is 11.4. The van der Waals surface area contributed by atoms with Crippen LogP contribution in [0.2, 0.25) is 0 Å². The summed E-state index contributed by atoms with van der Waals surface area (Å²) >= 11 is 0. The summed E-state index contributed by atoms with van der Waals surface area (Å²) in [5.41, 5.74) is 5.84. The van der Waals surface area contributed by atoms with Crippen molar-refractivity contribution in [3.8, 4) is 0 Å².